The van der Waals surface area contributed by atoms with Crippen LogP contribution < -0.4 is 14.4 Å². The molecule has 0 bridgehead atoms. The van der Waals surface area contributed by atoms with Crippen LogP contribution in [-0.2, 0) is 14.3 Å². The smallest absolute Gasteiger partial charge is 0.350 e. The molecule has 4 rings (SSSR count). The Morgan fingerprint density at radius 1 is 1.02 bits per heavy atom. The molecule has 0 spiro atoms. The Morgan fingerprint density at radius 2 is 1.75 bits per heavy atom. The van der Waals surface area contributed by atoms with Crippen LogP contribution in [0.1, 0.15) is 58.9 Å². The molecule has 0 unspecified atom stereocenters. The number of Topliss-reactive ketones (excluding diaryl/α,β-unsaturated/α-hetero) is 1. The molecule has 10 nitrogen and oxygen atoms in total. The first-order valence-corrected chi connectivity index (χ1v) is 13.6. The number of aromatic hydroxyl groups is 1. The van der Waals surface area contributed by atoms with E-state index in [1.165, 1.54) is 18.2 Å². The number of aliphatic hydroxyl groups is 1. The average Bonchev–Trinajstić information content (AvgIpc) is 3.42. The lowest BCUT2D eigenvalue weighted by molar-refractivity contribution is -0.132. The maximum atomic E-state index is 13.5. The van der Waals surface area contributed by atoms with Crippen LogP contribution in [0.5, 0.6) is 17.2 Å². The Balaban J connectivity index is 1.94. The Hall–Kier alpha value is -4.38. The van der Waals surface area contributed by atoms with Crippen LogP contribution in [0.3, 0.4) is 0 Å². The predicted molar refractivity (Wildman–Crippen MR) is 149 cm³/mol. The molecular formula is C29H30N2O8S. The number of hydrogen-bond donors (Lipinski definition) is 2. The topological polar surface area (TPSA) is 135 Å². The fourth-order valence-corrected chi connectivity index (χ4v) is 5.48. The summed E-state index contributed by atoms with van der Waals surface area (Å²) >= 11 is 0.913. The van der Waals surface area contributed by atoms with Gasteiger partial charge in [-0.2, -0.15) is 0 Å². The number of benzene rings is 2. The van der Waals surface area contributed by atoms with Crippen LogP contribution in [0.4, 0.5) is 5.13 Å². The van der Waals surface area contributed by atoms with Crippen molar-refractivity contribution in [3.05, 3.63) is 69.2 Å². The fraction of sp³-hybridized carbons (Fsp3) is 0.310. The highest BCUT2D eigenvalue weighted by Gasteiger charge is 2.48. The zero-order chi connectivity index (χ0) is 29.1. The van der Waals surface area contributed by atoms with Crippen LogP contribution in [0.25, 0.3) is 5.76 Å². The van der Waals surface area contributed by atoms with Crippen LogP contribution in [0.15, 0.2) is 42.0 Å². The molecule has 1 aliphatic rings. The van der Waals surface area contributed by atoms with Crippen molar-refractivity contribution in [3.8, 4) is 17.2 Å². The van der Waals surface area contributed by atoms with Gasteiger partial charge in [0.05, 0.1) is 37.1 Å². The van der Waals surface area contributed by atoms with E-state index in [2.05, 4.69) is 4.98 Å². The van der Waals surface area contributed by atoms with Gasteiger partial charge in [-0.05, 0) is 76.1 Å². The summed E-state index contributed by atoms with van der Waals surface area (Å²) < 4.78 is 16.2. The van der Waals surface area contributed by atoms with E-state index >= 15 is 0 Å². The molecule has 0 saturated carbocycles. The van der Waals surface area contributed by atoms with E-state index in [9.17, 15) is 24.6 Å². The number of aliphatic hydroxyl groups excluding tert-OH is 1. The number of carbonyl (C=O) groups is 3. The van der Waals surface area contributed by atoms with Gasteiger partial charge in [-0.15, -0.1) is 0 Å². The lowest BCUT2D eigenvalue weighted by Crippen LogP contribution is -2.29. The molecule has 1 aromatic heterocycles. The third-order valence-electron chi connectivity index (χ3n) is 6.26. The number of nitrogens with zero attached hydrogens (tertiary/aromatic N) is 2. The van der Waals surface area contributed by atoms with E-state index < -0.39 is 23.7 Å². The van der Waals surface area contributed by atoms with E-state index in [0.29, 0.717) is 34.7 Å². The maximum Gasteiger partial charge on any atom is 0.350 e. The fourth-order valence-electron chi connectivity index (χ4n) is 4.49. The number of thiazole rings is 1. The highest BCUT2D eigenvalue weighted by molar-refractivity contribution is 7.17. The summed E-state index contributed by atoms with van der Waals surface area (Å²) in [5, 5.41) is 21.9. The number of aryl methyl sites for hydroxylation is 2. The highest BCUT2D eigenvalue weighted by atomic mass is 32.1. The van der Waals surface area contributed by atoms with Crippen molar-refractivity contribution in [1.82, 2.24) is 4.98 Å². The summed E-state index contributed by atoms with van der Waals surface area (Å²) in [5.74, 6) is -2.21. The number of ketones is 1. The van der Waals surface area contributed by atoms with Gasteiger partial charge in [0.1, 0.15) is 16.4 Å². The second-order valence-corrected chi connectivity index (χ2v) is 9.85. The molecule has 1 atom stereocenters. The monoisotopic (exact) mass is 566 g/mol. The number of phenols is 1. The van der Waals surface area contributed by atoms with Gasteiger partial charge in [0.25, 0.3) is 5.78 Å². The number of anilines is 1. The SMILES string of the molecule is CCOC(=O)c1sc(N2C(=O)C(=O)C(=C(O)c3ccc(OCC)cc3C)[C@H]2c2ccc(O)c(OCC)c2)nc1C. The Labute approximate surface area is 235 Å². The maximum absolute atomic E-state index is 13.5. The Morgan fingerprint density at radius 3 is 2.40 bits per heavy atom. The average molecular weight is 567 g/mol. The second-order valence-electron chi connectivity index (χ2n) is 8.87. The summed E-state index contributed by atoms with van der Waals surface area (Å²) in [4.78, 5) is 45.3. The quantitative estimate of drug-likeness (QED) is 0.158. The van der Waals surface area contributed by atoms with Gasteiger partial charge in [-0.1, -0.05) is 17.4 Å². The zero-order valence-electron chi connectivity index (χ0n) is 22.8. The summed E-state index contributed by atoms with van der Waals surface area (Å²) in [6.45, 7) is 9.52. The van der Waals surface area contributed by atoms with Crippen LogP contribution in [0, 0.1) is 13.8 Å². The molecule has 1 aliphatic heterocycles. The number of esters is 1. The van der Waals surface area contributed by atoms with Crippen molar-refractivity contribution in [1.29, 1.82) is 0 Å². The number of amides is 1. The minimum Gasteiger partial charge on any atom is -0.507 e. The highest BCUT2D eigenvalue weighted by Crippen LogP contribution is 2.45. The Kier molecular flexibility index (Phi) is 8.43. The van der Waals surface area contributed by atoms with Crippen molar-refractivity contribution >= 4 is 39.9 Å². The summed E-state index contributed by atoms with van der Waals surface area (Å²) in [6, 6.07) is 8.31. The molecule has 2 heterocycles. The molecule has 2 N–H and O–H groups in total. The lowest BCUT2D eigenvalue weighted by atomic mass is 9.93. The van der Waals surface area contributed by atoms with E-state index in [1.807, 2.05) is 6.92 Å². The van der Waals surface area contributed by atoms with E-state index in [0.717, 1.165) is 16.2 Å². The molecule has 1 saturated heterocycles. The first kappa shape index (κ1) is 28.6. The van der Waals surface area contributed by atoms with Gasteiger partial charge in [0, 0.05) is 5.56 Å². The molecular weight excluding hydrogens is 536 g/mol. The van der Waals surface area contributed by atoms with Crippen LogP contribution in [0.2, 0.25) is 0 Å². The molecule has 0 aliphatic carbocycles. The van der Waals surface area contributed by atoms with Crippen molar-refractivity contribution in [2.24, 2.45) is 0 Å². The second kappa shape index (κ2) is 11.8. The number of phenolic OH excluding ortho intramolecular Hbond substituents is 1. The normalized spacial score (nSPS) is 16.3. The standard InChI is InChI=1S/C29H30N2O8S/c1-6-37-18-10-11-19(15(4)13-18)24(33)22-23(17-9-12-20(32)21(14-17)38-7-2)31(27(35)25(22)34)29-30-16(5)26(40-29)28(36)39-8-3/h9-14,23,32-33H,6-8H2,1-5H3/t23-/m1/s1. The zero-order valence-corrected chi connectivity index (χ0v) is 23.6. The first-order chi connectivity index (χ1) is 19.1. The molecule has 2 aromatic carbocycles. The van der Waals surface area contributed by atoms with Gasteiger partial charge in [-0.3, -0.25) is 14.5 Å². The summed E-state index contributed by atoms with van der Waals surface area (Å²) in [5.41, 5.74) is 1.52. The number of carbonyl (C=O) groups excluding carboxylic acids is 3. The third-order valence-corrected chi connectivity index (χ3v) is 7.40. The minimum atomic E-state index is -1.13. The van der Waals surface area contributed by atoms with Crippen LogP contribution >= 0.6 is 11.3 Å². The molecule has 210 valence electrons. The van der Waals surface area contributed by atoms with E-state index in [1.54, 1.807) is 45.9 Å². The van der Waals surface area contributed by atoms with Crippen molar-refractivity contribution < 1.29 is 38.8 Å². The van der Waals surface area contributed by atoms with Gasteiger partial charge in [0.15, 0.2) is 16.6 Å². The minimum absolute atomic E-state index is 0.0844. The largest absolute Gasteiger partial charge is 0.507 e. The predicted octanol–water partition coefficient (Wildman–Crippen LogP) is 5.07. The number of aromatic nitrogens is 1. The molecule has 1 fully saturated rings. The first-order valence-electron chi connectivity index (χ1n) is 12.8. The molecule has 11 heteroatoms. The number of rotatable bonds is 9. The lowest BCUT2D eigenvalue weighted by Gasteiger charge is -2.24. The van der Waals surface area contributed by atoms with Gasteiger partial charge >= 0.3 is 11.9 Å². The van der Waals surface area contributed by atoms with E-state index in [4.69, 9.17) is 14.2 Å². The molecule has 40 heavy (non-hydrogen) atoms. The molecule has 0 radical (unpaired) electrons. The Bertz CT molecular complexity index is 1510. The summed E-state index contributed by atoms with van der Waals surface area (Å²) in [7, 11) is 0. The van der Waals surface area contributed by atoms with Crippen molar-refractivity contribution in [2.75, 3.05) is 24.7 Å². The third kappa shape index (κ3) is 5.24. The summed E-state index contributed by atoms with van der Waals surface area (Å²) in [6.07, 6.45) is 0. The molecule has 1 amide bonds. The number of ether oxygens (including phenoxy) is 3. The van der Waals surface area contributed by atoms with Crippen LogP contribution in [-0.4, -0.2) is 52.7 Å². The van der Waals surface area contributed by atoms with Crippen molar-refractivity contribution in [2.45, 2.75) is 40.7 Å². The number of hydrogen-bond acceptors (Lipinski definition) is 10. The van der Waals surface area contributed by atoms with Gasteiger partial charge in [-0.25, -0.2) is 9.78 Å². The molecule has 3 aromatic rings. The van der Waals surface area contributed by atoms with Gasteiger partial charge in [0.2, 0.25) is 0 Å². The van der Waals surface area contributed by atoms with Crippen molar-refractivity contribution in [3.63, 3.8) is 0 Å². The van der Waals surface area contributed by atoms with E-state index in [-0.39, 0.29) is 46.1 Å². The van der Waals surface area contributed by atoms with Gasteiger partial charge < -0.3 is 24.4 Å².